The number of pyridine rings is 1. The fourth-order valence-electron chi connectivity index (χ4n) is 1.23. The minimum atomic E-state index is 0.501. The highest BCUT2D eigenvalue weighted by Crippen LogP contribution is 2.30. The monoisotopic (exact) mass is 256 g/mol. The van der Waals surface area contributed by atoms with E-state index in [-0.39, 0.29) is 0 Å². The molecule has 2 N–H and O–H groups in total. The molecule has 0 aliphatic carbocycles. The first-order chi connectivity index (χ1) is 6.18. The fourth-order valence-corrected chi connectivity index (χ4v) is 2.17. The van der Waals surface area contributed by atoms with Crippen LogP contribution in [-0.4, -0.2) is 4.98 Å². The maximum Gasteiger partial charge on any atom is 0.131 e. The number of rotatable bonds is 0. The van der Waals surface area contributed by atoms with Crippen molar-refractivity contribution >= 4 is 44.1 Å². The minimum Gasteiger partial charge on any atom is -0.383 e. The molecule has 0 atom stereocenters. The lowest BCUT2D eigenvalue weighted by Gasteiger charge is -2.03. The number of nitrogens with zero attached hydrogens (tertiary/aromatic N) is 1. The van der Waals surface area contributed by atoms with Crippen molar-refractivity contribution in [1.29, 1.82) is 0 Å². The molecule has 1 heterocycles. The zero-order chi connectivity index (χ0) is 9.42. The molecule has 1 aromatic carbocycles. The van der Waals surface area contributed by atoms with Gasteiger partial charge in [-0.25, -0.2) is 4.98 Å². The van der Waals surface area contributed by atoms with Crippen LogP contribution >= 0.6 is 27.5 Å². The number of hydrogen-bond donors (Lipinski definition) is 1. The van der Waals surface area contributed by atoms with Gasteiger partial charge in [-0.2, -0.15) is 0 Å². The molecule has 0 aliphatic rings. The molecule has 0 bridgehead atoms. The summed E-state index contributed by atoms with van der Waals surface area (Å²) < 4.78 is 0.934. The van der Waals surface area contributed by atoms with Crippen LogP contribution in [0.1, 0.15) is 0 Å². The molecule has 0 amide bonds. The van der Waals surface area contributed by atoms with E-state index >= 15 is 0 Å². The smallest absolute Gasteiger partial charge is 0.131 e. The molecule has 0 unspecified atom stereocenters. The Morgan fingerprint density at radius 3 is 2.85 bits per heavy atom. The summed E-state index contributed by atoms with van der Waals surface area (Å²) in [5, 5.41) is 2.55. The Kier molecular flexibility index (Phi) is 2.14. The van der Waals surface area contributed by atoms with Gasteiger partial charge in [-0.15, -0.1) is 0 Å². The average Bonchev–Trinajstić information content (AvgIpc) is 2.07. The maximum atomic E-state index is 5.88. The molecule has 0 saturated carbocycles. The summed E-state index contributed by atoms with van der Waals surface area (Å²) in [5.41, 5.74) is 5.70. The topological polar surface area (TPSA) is 38.9 Å². The van der Waals surface area contributed by atoms with Crippen molar-refractivity contribution in [3.63, 3.8) is 0 Å². The summed E-state index contributed by atoms with van der Waals surface area (Å²) in [7, 11) is 0. The van der Waals surface area contributed by atoms with Gasteiger partial charge in [-0.3, -0.25) is 0 Å². The number of benzene rings is 1. The van der Waals surface area contributed by atoms with Crippen molar-refractivity contribution in [1.82, 2.24) is 4.98 Å². The molecule has 0 fully saturated rings. The highest BCUT2D eigenvalue weighted by atomic mass is 79.9. The first kappa shape index (κ1) is 8.78. The molecule has 2 rings (SSSR count). The van der Waals surface area contributed by atoms with Crippen molar-refractivity contribution in [3.05, 3.63) is 33.9 Å². The number of halogens is 2. The van der Waals surface area contributed by atoms with E-state index < -0.39 is 0 Å². The predicted molar refractivity (Wildman–Crippen MR) is 58.9 cm³/mol. The zero-order valence-electron chi connectivity index (χ0n) is 6.59. The summed E-state index contributed by atoms with van der Waals surface area (Å²) in [6, 6.07) is 5.54. The summed E-state index contributed by atoms with van der Waals surface area (Å²) in [4.78, 5) is 3.99. The fraction of sp³-hybridized carbons (Fsp3) is 0. The molecule has 13 heavy (non-hydrogen) atoms. The van der Waals surface area contributed by atoms with Gasteiger partial charge < -0.3 is 5.73 Å². The molecule has 2 aromatic rings. The van der Waals surface area contributed by atoms with E-state index in [0.29, 0.717) is 10.8 Å². The summed E-state index contributed by atoms with van der Waals surface area (Å²) >= 11 is 9.30. The number of aromatic nitrogens is 1. The number of hydrogen-bond acceptors (Lipinski definition) is 2. The molecule has 0 saturated heterocycles. The number of nitrogens with two attached hydrogens (primary N) is 1. The van der Waals surface area contributed by atoms with Crippen molar-refractivity contribution in [3.8, 4) is 0 Å². The van der Waals surface area contributed by atoms with Crippen LogP contribution in [0.4, 0.5) is 5.82 Å². The van der Waals surface area contributed by atoms with Crippen LogP contribution in [0.25, 0.3) is 10.8 Å². The van der Waals surface area contributed by atoms with Gasteiger partial charge in [0.25, 0.3) is 0 Å². The van der Waals surface area contributed by atoms with Gasteiger partial charge in [-0.05, 0) is 18.2 Å². The van der Waals surface area contributed by atoms with Gasteiger partial charge in [0.1, 0.15) is 5.82 Å². The summed E-state index contributed by atoms with van der Waals surface area (Å²) in [6.07, 6.45) is 1.68. The normalized spacial score (nSPS) is 10.6. The van der Waals surface area contributed by atoms with Crippen LogP contribution in [0.2, 0.25) is 5.02 Å². The molecule has 1 aromatic heterocycles. The minimum absolute atomic E-state index is 0.501. The molecular formula is C9H6BrClN2. The first-order valence-electron chi connectivity index (χ1n) is 3.68. The number of anilines is 1. The zero-order valence-corrected chi connectivity index (χ0v) is 8.93. The van der Waals surface area contributed by atoms with Crippen molar-refractivity contribution < 1.29 is 0 Å². The van der Waals surface area contributed by atoms with Crippen LogP contribution in [0.5, 0.6) is 0 Å². The van der Waals surface area contributed by atoms with Crippen LogP contribution in [0.15, 0.2) is 28.9 Å². The highest BCUT2D eigenvalue weighted by molar-refractivity contribution is 9.10. The summed E-state index contributed by atoms with van der Waals surface area (Å²) in [6.45, 7) is 0. The highest BCUT2D eigenvalue weighted by Gasteiger charge is 2.03. The third-order valence-electron chi connectivity index (χ3n) is 1.83. The van der Waals surface area contributed by atoms with E-state index in [0.717, 1.165) is 15.2 Å². The lowest BCUT2D eigenvalue weighted by molar-refractivity contribution is 1.37. The Morgan fingerprint density at radius 2 is 2.08 bits per heavy atom. The van der Waals surface area contributed by atoms with E-state index in [2.05, 4.69) is 20.9 Å². The molecule has 4 heteroatoms. The van der Waals surface area contributed by atoms with Gasteiger partial charge in [0.15, 0.2) is 0 Å². The van der Waals surface area contributed by atoms with E-state index in [1.807, 2.05) is 18.2 Å². The van der Waals surface area contributed by atoms with Crippen molar-refractivity contribution in [2.24, 2.45) is 0 Å². The Balaban J connectivity index is 2.94. The van der Waals surface area contributed by atoms with Gasteiger partial charge in [0.05, 0.1) is 0 Å². The van der Waals surface area contributed by atoms with Gasteiger partial charge in [0.2, 0.25) is 0 Å². The predicted octanol–water partition coefficient (Wildman–Crippen LogP) is 3.23. The molecule has 66 valence electrons. The lowest BCUT2D eigenvalue weighted by Crippen LogP contribution is -1.90. The first-order valence-corrected chi connectivity index (χ1v) is 4.85. The Labute approximate surface area is 88.8 Å². The molecule has 0 aliphatic heterocycles. The lowest BCUT2D eigenvalue weighted by atomic mass is 10.2. The van der Waals surface area contributed by atoms with Gasteiger partial charge >= 0.3 is 0 Å². The number of fused-ring (bicyclic) bond motifs is 1. The second kappa shape index (κ2) is 3.16. The third kappa shape index (κ3) is 1.49. The Morgan fingerprint density at radius 1 is 1.31 bits per heavy atom. The van der Waals surface area contributed by atoms with Crippen molar-refractivity contribution in [2.45, 2.75) is 0 Å². The second-order valence-electron chi connectivity index (χ2n) is 2.68. The SMILES string of the molecule is Nc1nccc2c(Br)cc(Cl)cc12. The van der Waals surface area contributed by atoms with E-state index in [1.54, 1.807) is 6.20 Å². The van der Waals surface area contributed by atoms with Gasteiger partial charge in [0, 0.05) is 26.5 Å². The molecule has 2 nitrogen and oxygen atoms in total. The Hall–Kier alpha value is -0.800. The largest absolute Gasteiger partial charge is 0.383 e. The molecule has 0 radical (unpaired) electrons. The van der Waals surface area contributed by atoms with Crippen LogP contribution in [-0.2, 0) is 0 Å². The standard InChI is InChI=1S/C9H6BrClN2/c10-8-4-5(11)3-7-6(8)1-2-13-9(7)12/h1-4H,(H2,12,13). The van der Waals surface area contributed by atoms with Crippen LogP contribution in [0.3, 0.4) is 0 Å². The molecular weight excluding hydrogens is 251 g/mol. The third-order valence-corrected chi connectivity index (χ3v) is 2.70. The van der Waals surface area contributed by atoms with Crippen LogP contribution < -0.4 is 5.73 Å². The van der Waals surface area contributed by atoms with Crippen molar-refractivity contribution in [2.75, 3.05) is 5.73 Å². The summed E-state index contributed by atoms with van der Waals surface area (Å²) in [5.74, 6) is 0.501. The van der Waals surface area contributed by atoms with E-state index in [4.69, 9.17) is 17.3 Å². The van der Waals surface area contributed by atoms with Crippen LogP contribution in [0, 0.1) is 0 Å². The average molecular weight is 258 g/mol. The maximum absolute atomic E-state index is 5.88. The second-order valence-corrected chi connectivity index (χ2v) is 3.97. The van der Waals surface area contributed by atoms with Gasteiger partial charge in [-0.1, -0.05) is 27.5 Å². The number of nitrogen functional groups attached to an aromatic ring is 1. The van der Waals surface area contributed by atoms with E-state index in [9.17, 15) is 0 Å². The Bertz CT molecular complexity index is 470. The quantitative estimate of drug-likeness (QED) is 0.787. The molecule has 0 spiro atoms. The van der Waals surface area contributed by atoms with E-state index in [1.165, 1.54) is 0 Å².